The Balaban J connectivity index is 1.68. The molecule has 0 N–H and O–H groups in total. The molecule has 1 aliphatic heterocycles. The van der Waals surface area contributed by atoms with E-state index in [1.807, 2.05) is 13.0 Å². The normalized spacial score (nSPS) is 19.0. The summed E-state index contributed by atoms with van der Waals surface area (Å²) in [5.74, 6) is 2.47. The summed E-state index contributed by atoms with van der Waals surface area (Å²) in [6.07, 6.45) is 2.29. The van der Waals surface area contributed by atoms with Gasteiger partial charge in [-0.1, -0.05) is 12.1 Å². The highest BCUT2D eigenvalue weighted by Gasteiger charge is 2.31. The molecule has 1 aliphatic rings. The molecule has 3 aromatic rings. The second-order valence-electron chi connectivity index (χ2n) is 6.05. The van der Waals surface area contributed by atoms with Gasteiger partial charge in [0.2, 0.25) is 11.8 Å². The molecule has 1 saturated heterocycles. The van der Waals surface area contributed by atoms with Crippen LogP contribution < -0.4 is 0 Å². The monoisotopic (exact) mass is 311 g/mol. The van der Waals surface area contributed by atoms with E-state index in [9.17, 15) is 0 Å². The van der Waals surface area contributed by atoms with Gasteiger partial charge >= 0.3 is 0 Å². The third kappa shape index (κ3) is 2.53. The van der Waals surface area contributed by atoms with E-state index in [0.29, 0.717) is 24.4 Å². The van der Waals surface area contributed by atoms with Crippen molar-refractivity contribution in [3.63, 3.8) is 0 Å². The number of nitrogens with zero attached hydrogens (tertiary/aromatic N) is 5. The summed E-state index contributed by atoms with van der Waals surface area (Å²) >= 11 is 0. The zero-order valence-corrected chi connectivity index (χ0v) is 13.6. The first-order valence-corrected chi connectivity index (χ1v) is 8.24. The second kappa shape index (κ2) is 5.77. The van der Waals surface area contributed by atoms with Crippen LogP contribution >= 0.6 is 0 Å². The van der Waals surface area contributed by atoms with Gasteiger partial charge in [0.25, 0.3) is 0 Å². The smallest absolute Gasteiger partial charge is 0.230 e. The van der Waals surface area contributed by atoms with Gasteiger partial charge in [0.1, 0.15) is 5.82 Å². The molecule has 0 aliphatic carbocycles. The molecular weight excluding hydrogens is 290 g/mol. The number of imidazole rings is 1. The van der Waals surface area contributed by atoms with Crippen LogP contribution in [0.2, 0.25) is 0 Å². The molecule has 3 heterocycles. The molecule has 0 amide bonds. The van der Waals surface area contributed by atoms with Gasteiger partial charge in [-0.15, -0.1) is 10.2 Å². The van der Waals surface area contributed by atoms with Crippen molar-refractivity contribution in [1.29, 1.82) is 0 Å². The van der Waals surface area contributed by atoms with Crippen molar-refractivity contribution in [1.82, 2.24) is 24.6 Å². The summed E-state index contributed by atoms with van der Waals surface area (Å²) < 4.78 is 7.88. The maximum atomic E-state index is 5.55. The average Bonchev–Trinajstić information content (AvgIpc) is 3.25. The Labute approximate surface area is 135 Å². The molecule has 1 fully saturated rings. The van der Waals surface area contributed by atoms with Crippen LogP contribution in [0.4, 0.5) is 0 Å². The summed E-state index contributed by atoms with van der Waals surface area (Å²) in [5, 5.41) is 8.07. The summed E-state index contributed by atoms with van der Waals surface area (Å²) in [6.45, 7) is 6.67. The molecule has 0 spiro atoms. The fourth-order valence-electron chi connectivity index (χ4n) is 3.56. The lowest BCUT2D eigenvalue weighted by molar-refractivity contribution is 0.212. The Morgan fingerprint density at radius 2 is 2.13 bits per heavy atom. The summed E-state index contributed by atoms with van der Waals surface area (Å²) in [4.78, 5) is 7.32. The first kappa shape index (κ1) is 14.4. The van der Waals surface area contributed by atoms with Crippen LogP contribution in [0.25, 0.3) is 11.0 Å². The van der Waals surface area contributed by atoms with E-state index in [-0.39, 0.29) is 0 Å². The average molecular weight is 311 g/mol. The molecule has 1 unspecified atom stereocenters. The molecule has 0 saturated carbocycles. The van der Waals surface area contributed by atoms with Crippen molar-refractivity contribution in [3.8, 4) is 0 Å². The molecule has 1 atom stereocenters. The Morgan fingerprint density at radius 3 is 2.91 bits per heavy atom. The number of aryl methyl sites for hydroxylation is 2. The number of hydrogen-bond donors (Lipinski definition) is 0. The van der Waals surface area contributed by atoms with Crippen molar-refractivity contribution in [2.45, 2.75) is 45.8 Å². The van der Waals surface area contributed by atoms with Crippen molar-refractivity contribution in [2.24, 2.45) is 0 Å². The van der Waals surface area contributed by atoms with Gasteiger partial charge < -0.3 is 8.98 Å². The lowest BCUT2D eigenvalue weighted by atomic mass is 10.2. The maximum absolute atomic E-state index is 5.55. The fraction of sp³-hybridized carbons (Fsp3) is 0.471. The third-order valence-electron chi connectivity index (χ3n) is 4.57. The number of para-hydroxylation sites is 2. The van der Waals surface area contributed by atoms with E-state index in [0.717, 1.165) is 30.9 Å². The Morgan fingerprint density at radius 1 is 1.26 bits per heavy atom. The highest BCUT2D eigenvalue weighted by atomic mass is 16.4. The lowest BCUT2D eigenvalue weighted by Gasteiger charge is -2.23. The minimum atomic E-state index is 0.314. The zero-order chi connectivity index (χ0) is 15.8. The van der Waals surface area contributed by atoms with E-state index in [1.54, 1.807) is 0 Å². The number of benzene rings is 1. The second-order valence-corrected chi connectivity index (χ2v) is 6.05. The summed E-state index contributed by atoms with van der Waals surface area (Å²) in [7, 11) is 0. The molecule has 2 aromatic heterocycles. The van der Waals surface area contributed by atoms with E-state index in [4.69, 9.17) is 9.40 Å². The van der Waals surface area contributed by atoms with Crippen LogP contribution in [0.1, 0.15) is 43.4 Å². The van der Waals surface area contributed by atoms with Crippen molar-refractivity contribution in [3.05, 3.63) is 41.9 Å². The number of rotatable bonds is 4. The topological polar surface area (TPSA) is 60.0 Å². The first-order valence-electron chi connectivity index (χ1n) is 8.24. The highest BCUT2D eigenvalue weighted by Crippen LogP contribution is 2.34. The minimum Gasteiger partial charge on any atom is -0.424 e. The van der Waals surface area contributed by atoms with Crippen LogP contribution in [0.15, 0.2) is 28.7 Å². The van der Waals surface area contributed by atoms with Crippen LogP contribution in [0.3, 0.4) is 0 Å². The number of likely N-dealkylation sites (tertiary alicyclic amines) is 1. The van der Waals surface area contributed by atoms with E-state index in [1.165, 1.54) is 11.9 Å². The number of aromatic nitrogens is 4. The van der Waals surface area contributed by atoms with Gasteiger partial charge in [0.15, 0.2) is 0 Å². The van der Waals surface area contributed by atoms with E-state index in [2.05, 4.69) is 44.8 Å². The Hall–Kier alpha value is -2.21. The van der Waals surface area contributed by atoms with Crippen LogP contribution in [-0.2, 0) is 13.1 Å². The SMILES string of the molecule is CCn1c(C2CCCN2Cc2nnc(C)o2)nc2ccccc21. The van der Waals surface area contributed by atoms with E-state index < -0.39 is 0 Å². The largest absolute Gasteiger partial charge is 0.424 e. The number of hydrogen-bond acceptors (Lipinski definition) is 5. The Kier molecular flexibility index (Phi) is 3.61. The van der Waals surface area contributed by atoms with Crippen molar-refractivity contribution < 1.29 is 4.42 Å². The highest BCUT2D eigenvalue weighted by molar-refractivity contribution is 5.76. The van der Waals surface area contributed by atoms with Crippen LogP contribution in [0.5, 0.6) is 0 Å². The number of fused-ring (bicyclic) bond motifs is 1. The lowest BCUT2D eigenvalue weighted by Crippen LogP contribution is -2.25. The quantitative estimate of drug-likeness (QED) is 0.741. The maximum Gasteiger partial charge on any atom is 0.230 e. The molecule has 23 heavy (non-hydrogen) atoms. The standard InChI is InChI=1S/C17H21N5O/c1-3-22-14-8-5-4-7-13(14)18-17(22)15-9-6-10-21(15)11-16-20-19-12(2)23-16/h4-5,7-8,15H,3,6,9-11H2,1-2H3. The minimum absolute atomic E-state index is 0.314. The molecule has 6 heteroatoms. The first-order chi connectivity index (χ1) is 11.3. The van der Waals surface area contributed by atoms with Gasteiger partial charge in [-0.25, -0.2) is 4.98 Å². The molecule has 0 bridgehead atoms. The van der Waals surface area contributed by atoms with Crippen LogP contribution in [-0.4, -0.2) is 31.2 Å². The molecule has 1 aromatic carbocycles. The summed E-state index contributed by atoms with van der Waals surface area (Å²) in [6, 6.07) is 8.68. The van der Waals surface area contributed by atoms with Gasteiger partial charge in [-0.2, -0.15) is 0 Å². The summed E-state index contributed by atoms with van der Waals surface area (Å²) in [5.41, 5.74) is 2.29. The van der Waals surface area contributed by atoms with Crippen molar-refractivity contribution in [2.75, 3.05) is 6.54 Å². The van der Waals surface area contributed by atoms with Gasteiger partial charge in [-0.05, 0) is 38.4 Å². The van der Waals surface area contributed by atoms with Gasteiger partial charge in [0.05, 0.1) is 23.6 Å². The predicted octanol–water partition coefficient (Wildman–Crippen LogP) is 3.08. The zero-order valence-electron chi connectivity index (χ0n) is 13.6. The third-order valence-corrected chi connectivity index (χ3v) is 4.57. The van der Waals surface area contributed by atoms with Crippen molar-refractivity contribution >= 4 is 11.0 Å². The molecule has 4 rings (SSSR count). The van der Waals surface area contributed by atoms with Gasteiger partial charge in [0, 0.05) is 13.5 Å². The Bertz CT molecular complexity index is 821. The molecular formula is C17H21N5O. The van der Waals surface area contributed by atoms with E-state index >= 15 is 0 Å². The van der Waals surface area contributed by atoms with Gasteiger partial charge in [-0.3, -0.25) is 4.90 Å². The predicted molar refractivity (Wildman–Crippen MR) is 86.8 cm³/mol. The molecule has 6 nitrogen and oxygen atoms in total. The van der Waals surface area contributed by atoms with Crippen LogP contribution in [0, 0.1) is 6.92 Å². The molecule has 120 valence electrons. The molecule has 0 radical (unpaired) electrons. The fourth-order valence-corrected chi connectivity index (χ4v) is 3.56.